The fraction of sp³-hybridized carbons (Fsp3) is 0.632. The largest absolute Gasteiger partial charge is 0.341 e. The number of carbonyl (C=O) groups excluding carboxylic acids is 1. The highest BCUT2D eigenvalue weighted by atomic mass is 79.9. The summed E-state index contributed by atoms with van der Waals surface area (Å²) in [5, 5.41) is 0. The molecule has 1 aromatic carbocycles. The molecular weight excluding hydrogens is 352 g/mol. The Hall–Kier alpha value is -0.870. The molecule has 2 aliphatic rings. The van der Waals surface area contributed by atoms with Gasteiger partial charge in [-0.05, 0) is 56.5 Å². The molecule has 0 radical (unpaired) electrons. The zero-order valence-corrected chi connectivity index (χ0v) is 15.6. The van der Waals surface area contributed by atoms with Crippen LogP contribution in [0.3, 0.4) is 0 Å². The summed E-state index contributed by atoms with van der Waals surface area (Å²) in [6.45, 7) is 2.44. The molecule has 4 heteroatoms. The lowest BCUT2D eigenvalue weighted by Crippen LogP contribution is -2.53. The van der Waals surface area contributed by atoms with Crippen molar-refractivity contribution in [2.24, 2.45) is 0 Å². The summed E-state index contributed by atoms with van der Waals surface area (Å²) in [6.07, 6.45) is 8.12. The Balaban J connectivity index is 1.65. The van der Waals surface area contributed by atoms with Crippen LogP contribution in [0.5, 0.6) is 0 Å². The van der Waals surface area contributed by atoms with Crippen LogP contribution in [0.2, 0.25) is 0 Å². The molecule has 3 nitrogen and oxygen atoms in total. The fourth-order valence-electron chi connectivity index (χ4n) is 4.13. The van der Waals surface area contributed by atoms with Crippen LogP contribution in [0.4, 0.5) is 0 Å². The molecule has 1 unspecified atom stereocenters. The lowest BCUT2D eigenvalue weighted by atomic mass is 9.88. The van der Waals surface area contributed by atoms with Crippen LogP contribution in [0.15, 0.2) is 28.7 Å². The Kier molecular flexibility index (Phi) is 5.76. The molecule has 1 heterocycles. The van der Waals surface area contributed by atoms with E-state index in [9.17, 15) is 4.79 Å². The molecule has 2 fully saturated rings. The molecule has 3 rings (SSSR count). The van der Waals surface area contributed by atoms with E-state index in [0.29, 0.717) is 18.5 Å². The highest BCUT2D eigenvalue weighted by molar-refractivity contribution is 9.10. The van der Waals surface area contributed by atoms with E-state index in [-0.39, 0.29) is 5.91 Å². The Morgan fingerprint density at radius 2 is 1.78 bits per heavy atom. The van der Waals surface area contributed by atoms with Gasteiger partial charge >= 0.3 is 0 Å². The first kappa shape index (κ1) is 17.0. The van der Waals surface area contributed by atoms with E-state index in [4.69, 9.17) is 0 Å². The van der Waals surface area contributed by atoms with Crippen LogP contribution in [0, 0.1) is 0 Å². The third-order valence-electron chi connectivity index (χ3n) is 5.46. The van der Waals surface area contributed by atoms with Gasteiger partial charge in [-0.2, -0.15) is 0 Å². The van der Waals surface area contributed by atoms with Crippen molar-refractivity contribution < 1.29 is 4.79 Å². The van der Waals surface area contributed by atoms with Crippen LogP contribution in [-0.2, 0) is 11.2 Å². The predicted octanol–water partition coefficient (Wildman–Crippen LogP) is 3.86. The van der Waals surface area contributed by atoms with E-state index in [1.807, 2.05) is 36.2 Å². The average molecular weight is 379 g/mol. The summed E-state index contributed by atoms with van der Waals surface area (Å²) in [5.41, 5.74) is 1.10. The standard InChI is InChI=1S/C19H27BrN2O/c1-21(19(23)14-15-8-10-16(20)11-9-15)17-6-2-3-7-18(17)22-12-4-5-13-22/h8-11,17-18H,2-7,12-14H2,1H3/t17?,18-/m0/s1. The van der Waals surface area contributed by atoms with Gasteiger partial charge in [-0.3, -0.25) is 9.69 Å². The summed E-state index contributed by atoms with van der Waals surface area (Å²) in [6, 6.07) is 9.06. The zero-order chi connectivity index (χ0) is 16.2. The number of likely N-dealkylation sites (N-methyl/N-ethyl adjacent to an activating group) is 1. The maximum Gasteiger partial charge on any atom is 0.227 e. The van der Waals surface area contributed by atoms with Crippen LogP contribution in [-0.4, -0.2) is 47.9 Å². The lowest BCUT2D eigenvalue weighted by molar-refractivity contribution is -0.133. The Morgan fingerprint density at radius 1 is 1.13 bits per heavy atom. The quantitative estimate of drug-likeness (QED) is 0.793. The van der Waals surface area contributed by atoms with Gasteiger partial charge in [-0.1, -0.05) is 40.9 Å². The Bertz CT molecular complexity index is 525. The number of hydrogen-bond acceptors (Lipinski definition) is 2. The topological polar surface area (TPSA) is 23.6 Å². The zero-order valence-electron chi connectivity index (χ0n) is 14.0. The van der Waals surface area contributed by atoms with Gasteiger partial charge in [0.05, 0.1) is 6.42 Å². The van der Waals surface area contributed by atoms with E-state index in [1.165, 1.54) is 45.2 Å². The monoisotopic (exact) mass is 378 g/mol. The summed E-state index contributed by atoms with van der Waals surface area (Å²) in [5.74, 6) is 0.253. The second-order valence-electron chi connectivity index (χ2n) is 6.97. The minimum atomic E-state index is 0.253. The van der Waals surface area contributed by atoms with Gasteiger partial charge in [0, 0.05) is 23.6 Å². The molecule has 0 aromatic heterocycles. The van der Waals surface area contributed by atoms with Gasteiger partial charge in [0.2, 0.25) is 5.91 Å². The Morgan fingerprint density at radius 3 is 2.48 bits per heavy atom. The summed E-state index contributed by atoms with van der Waals surface area (Å²) in [4.78, 5) is 17.4. The van der Waals surface area contributed by atoms with Crippen LogP contribution in [0.1, 0.15) is 44.1 Å². The van der Waals surface area contributed by atoms with Crippen molar-refractivity contribution in [3.8, 4) is 0 Å². The molecular formula is C19H27BrN2O. The highest BCUT2D eigenvalue weighted by Crippen LogP contribution is 2.29. The van der Waals surface area contributed by atoms with Crippen molar-refractivity contribution in [3.05, 3.63) is 34.3 Å². The van der Waals surface area contributed by atoms with Gasteiger partial charge in [0.15, 0.2) is 0 Å². The number of amides is 1. The van der Waals surface area contributed by atoms with E-state index >= 15 is 0 Å². The van der Waals surface area contributed by atoms with E-state index < -0.39 is 0 Å². The van der Waals surface area contributed by atoms with Crippen LogP contribution >= 0.6 is 15.9 Å². The fourth-order valence-corrected chi connectivity index (χ4v) is 4.39. The first-order chi connectivity index (χ1) is 11.1. The van der Waals surface area contributed by atoms with Gasteiger partial charge in [0.1, 0.15) is 0 Å². The number of hydrogen-bond donors (Lipinski definition) is 0. The van der Waals surface area contributed by atoms with Crippen LogP contribution in [0.25, 0.3) is 0 Å². The second-order valence-corrected chi connectivity index (χ2v) is 7.89. The van der Waals surface area contributed by atoms with E-state index in [2.05, 4.69) is 20.8 Å². The smallest absolute Gasteiger partial charge is 0.227 e. The molecule has 126 valence electrons. The summed E-state index contributed by atoms with van der Waals surface area (Å²) >= 11 is 3.45. The first-order valence-electron chi connectivity index (χ1n) is 8.89. The average Bonchev–Trinajstić information content (AvgIpc) is 3.10. The van der Waals surface area contributed by atoms with Gasteiger partial charge in [0.25, 0.3) is 0 Å². The summed E-state index contributed by atoms with van der Waals surface area (Å²) in [7, 11) is 2.01. The van der Waals surface area contributed by atoms with Crippen molar-refractivity contribution >= 4 is 21.8 Å². The number of benzene rings is 1. The maximum absolute atomic E-state index is 12.8. The molecule has 1 amide bonds. The third kappa shape index (κ3) is 4.16. The molecule has 0 bridgehead atoms. The number of halogens is 1. The number of carbonyl (C=O) groups is 1. The minimum absolute atomic E-state index is 0.253. The van der Waals surface area contributed by atoms with Gasteiger partial charge in [-0.25, -0.2) is 0 Å². The normalized spacial score (nSPS) is 25.5. The molecule has 1 aliphatic heterocycles. The maximum atomic E-state index is 12.8. The second kappa shape index (κ2) is 7.80. The molecule has 0 spiro atoms. The molecule has 1 aromatic rings. The molecule has 2 atom stereocenters. The third-order valence-corrected chi connectivity index (χ3v) is 5.99. The van der Waals surface area contributed by atoms with E-state index in [1.54, 1.807) is 0 Å². The molecule has 1 saturated carbocycles. The van der Waals surface area contributed by atoms with E-state index in [0.717, 1.165) is 16.5 Å². The van der Waals surface area contributed by atoms with Crippen molar-refractivity contribution in [1.29, 1.82) is 0 Å². The van der Waals surface area contributed by atoms with Crippen molar-refractivity contribution in [2.45, 2.75) is 57.0 Å². The van der Waals surface area contributed by atoms with Gasteiger partial charge < -0.3 is 4.90 Å². The van der Waals surface area contributed by atoms with Crippen LogP contribution < -0.4 is 0 Å². The number of rotatable bonds is 4. The minimum Gasteiger partial charge on any atom is -0.341 e. The lowest BCUT2D eigenvalue weighted by Gasteiger charge is -2.42. The number of nitrogens with zero attached hydrogens (tertiary/aromatic N) is 2. The SMILES string of the molecule is CN(C(=O)Cc1ccc(Br)cc1)C1CCCC[C@@H]1N1CCCC1. The highest BCUT2D eigenvalue weighted by Gasteiger charge is 2.35. The molecule has 0 N–H and O–H groups in total. The molecule has 23 heavy (non-hydrogen) atoms. The Labute approximate surface area is 148 Å². The van der Waals surface area contributed by atoms with Gasteiger partial charge in [-0.15, -0.1) is 0 Å². The number of likely N-dealkylation sites (tertiary alicyclic amines) is 1. The predicted molar refractivity (Wildman–Crippen MR) is 97.5 cm³/mol. The summed E-state index contributed by atoms with van der Waals surface area (Å²) < 4.78 is 1.06. The van der Waals surface area contributed by atoms with Crippen molar-refractivity contribution in [3.63, 3.8) is 0 Å². The van der Waals surface area contributed by atoms with Crippen molar-refractivity contribution in [1.82, 2.24) is 9.80 Å². The first-order valence-corrected chi connectivity index (χ1v) is 9.68. The van der Waals surface area contributed by atoms with Crippen molar-refractivity contribution in [2.75, 3.05) is 20.1 Å². The molecule has 1 aliphatic carbocycles. The molecule has 1 saturated heterocycles.